The molecule has 1 aromatic carbocycles. The number of aromatic nitrogens is 2. The molecule has 2 rings (SSSR count). The lowest BCUT2D eigenvalue weighted by atomic mass is 10.1. The Morgan fingerprint density at radius 3 is 2.71 bits per heavy atom. The first-order chi connectivity index (χ1) is 11.3. The van der Waals surface area contributed by atoms with Crippen LogP contribution in [-0.2, 0) is 22.5 Å². The summed E-state index contributed by atoms with van der Waals surface area (Å²) < 4.78 is 6.71. The number of halogens is 1. The standard InChI is InChI=1S/C16H18ClN3O4/c1-4-24-16(21)8-14-10(2)18-19(11(14)3)9-12-5-6-13(20(22)23)7-15(12)17/h5-7H,4,8-9H2,1-3H3. The minimum absolute atomic E-state index is 0.0554. The van der Waals surface area contributed by atoms with Crippen molar-refractivity contribution in [3.8, 4) is 0 Å². The molecule has 8 heteroatoms. The number of aryl methyl sites for hydroxylation is 1. The molecular weight excluding hydrogens is 334 g/mol. The van der Waals surface area contributed by atoms with Gasteiger partial charge in [0.1, 0.15) is 0 Å². The fourth-order valence-corrected chi connectivity index (χ4v) is 2.67. The third-order valence-electron chi connectivity index (χ3n) is 3.73. The quantitative estimate of drug-likeness (QED) is 0.453. The molecule has 7 nitrogen and oxygen atoms in total. The van der Waals surface area contributed by atoms with Gasteiger partial charge in [0.05, 0.1) is 35.2 Å². The van der Waals surface area contributed by atoms with E-state index in [0.717, 1.165) is 22.5 Å². The lowest BCUT2D eigenvalue weighted by molar-refractivity contribution is -0.384. The maximum atomic E-state index is 11.7. The number of rotatable bonds is 6. The van der Waals surface area contributed by atoms with E-state index in [9.17, 15) is 14.9 Å². The summed E-state index contributed by atoms with van der Waals surface area (Å²) in [6, 6.07) is 4.34. The van der Waals surface area contributed by atoms with Crippen LogP contribution in [0.2, 0.25) is 5.02 Å². The van der Waals surface area contributed by atoms with Crippen LogP contribution in [0, 0.1) is 24.0 Å². The van der Waals surface area contributed by atoms with Crippen molar-refractivity contribution in [2.75, 3.05) is 6.61 Å². The average molecular weight is 352 g/mol. The van der Waals surface area contributed by atoms with Gasteiger partial charge in [0.25, 0.3) is 5.69 Å². The zero-order chi connectivity index (χ0) is 17.9. The predicted molar refractivity (Wildman–Crippen MR) is 89.2 cm³/mol. The van der Waals surface area contributed by atoms with E-state index in [2.05, 4.69) is 5.10 Å². The highest BCUT2D eigenvalue weighted by atomic mass is 35.5. The maximum absolute atomic E-state index is 11.7. The molecule has 0 saturated carbocycles. The van der Waals surface area contributed by atoms with Crippen LogP contribution in [0.15, 0.2) is 18.2 Å². The Morgan fingerprint density at radius 2 is 2.12 bits per heavy atom. The van der Waals surface area contributed by atoms with Gasteiger partial charge >= 0.3 is 5.97 Å². The zero-order valence-corrected chi connectivity index (χ0v) is 14.5. The lowest BCUT2D eigenvalue weighted by Gasteiger charge is -2.07. The van der Waals surface area contributed by atoms with Crippen molar-refractivity contribution in [3.63, 3.8) is 0 Å². The summed E-state index contributed by atoms with van der Waals surface area (Å²) in [6.45, 7) is 6.16. The molecule has 0 aliphatic rings. The zero-order valence-electron chi connectivity index (χ0n) is 13.7. The number of esters is 1. The highest BCUT2D eigenvalue weighted by molar-refractivity contribution is 6.31. The van der Waals surface area contributed by atoms with Crippen LogP contribution in [0.5, 0.6) is 0 Å². The summed E-state index contributed by atoms with van der Waals surface area (Å²) in [7, 11) is 0. The van der Waals surface area contributed by atoms with Gasteiger partial charge in [-0.3, -0.25) is 19.6 Å². The molecule has 1 heterocycles. The number of carbonyl (C=O) groups is 1. The van der Waals surface area contributed by atoms with Gasteiger partial charge < -0.3 is 4.74 Å². The topological polar surface area (TPSA) is 87.3 Å². The number of hydrogen-bond acceptors (Lipinski definition) is 5. The number of nitro benzene ring substituents is 1. The molecule has 0 saturated heterocycles. The smallest absolute Gasteiger partial charge is 0.310 e. The summed E-state index contributed by atoms with van der Waals surface area (Å²) in [5.74, 6) is -0.295. The molecule has 0 fully saturated rings. The van der Waals surface area contributed by atoms with E-state index in [0.29, 0.717) is 18.2 Å². The van der Waals surface area contributed by atoms with Gasteiger partial charge in [-0.15, -0.1) is 0 Å². The van der Waals surface area contributed by atoms with Crippen LogP contribution in [-0.4, -0.2) is 27.3 Å². The molecule has 2 aromatic rings. The summed E-state index contributed by atoms with van der Waals surface area (Å²) in [6.07, 6.45) is 0.166. The van der Waals surface area contributed by atoms with E-state index in [1.807, 2.05) is 13.8 Å². The Labute approximate surface area is 144 Å². The van der Waals surface area contributed by atoms with Crippen LogP contribution in [0.4, 0.5) is 5.69 Å². The first-order valence-corrected chi connectivity index (χ1v) is 7.82. The summed E-state index contributed by atoms with van der Waals surface area (Å²) in [5.41, 5.74) is 3.08. The molecule has 0 spiro atoms. The minimum atomic E-state index is -0.490. The number of hydrogen-bond donors (Lipinski definition) is 0. The van der Waals surface area contributed by atoms with Crippen molar-refractivity contribution >= 4 is 23.3 Å². The van der Waals surface area contributed by atoms with Crippen LogP contribution < -0.4 is 0 Å². The van der Waals surface area contributed by atoms with Crippen LogP contribution in [0.1, 0.15) is 29.4 Å². The molecule has 0 aliphatic heterocycles. The van der Waals surface area contributed by atoms with Crippen molar-refractivity contribution in [2.45, 2.75) is 33.7 Å². The van der Waals surface area contributed by atoms with Gasteiger partial charge in [-0.05, 0) is 32.4 Å². The second-order valence-electron chi connectivity index (χ2n) is 5.32. The second-order valence-corrected chi connectivity index (χ2v) is 5.73. The molecule has 0 atom stereocenters. The third kappa shape index (κ3) is 3.91. The lowest BCUT2D eigenvalue weighted by Crippen LogP contribution is -2.09. The van der Waals surface area contributed by atoms with Gasteiger partial charge in [-0.2, -0.15) is 5.10 Å². The third-order valence-corrected chi connectivity index (χ3v) is 4.08. The van der Waals surface area contributed by atoms with E-state index in [1.54, 1.807) is 17.7 Å². The monoisotopic (exact) mass is 351 g/mol. The highest BCUT2D eigenvalue weighted by Gasteiger charge is 2.17. The van der Waals surface area contributed by atoms with E-state index >= 15 is 0 Å². The number of benzene rings is 1. The molecule has 0 unspecified atom stereocenters. The number of non-ortho nitro benzene ring substituents is 1. The number of nitro groups is 1. The fourth-order valence-electron chi connectivity index (χ4n) is 2.44. The van der Waals surface area contributed by atoms with E-state index in [1.165, 1.54) is 12.1 Å². The van der Waals surface area contributed by atoms with Crippen molar-refractivity contribution in [1.82, 2.24) is 9.78 Å². The number of nitrogens with zero attached hydrogens (tertiary/aromatic N) is 3. The number of carbonyl (C=O) groups excluding carboxylic acids is 1. The normalized spacial score (nSPS) is 10.7. The van der Waals surface area contributed by atoms with Gasteiger partial charge in [0.2, 0.25) is 0 Å². The summed E-state index contributed by atoms with van der Waals surface area (Å²) in [4.78, 5) is 22.0. The van der Waals surface area contributed by atoms with E-state index < -0.39 is 4.92 Å². The van der Waals surface area contributed by atoms with Crippen molar-refractivity contribution in [2.24, 2.45) is 0 Å². The SMILES string of the molecule is CCOC(=O)Cc1c(C)nn(Cc2ccc([N+](=O)[O-])cc2Cl)c1C. The van der Waals surface area contributed by atoms with Gasteiger partial charge in [-0.25, -0.2) is 0 Å². The summed E-state index contributed by atoms with van der Waals surface area (Å²) >= 11 is 6.13. The maximum Gasteiger partial charge on any atom is 0.310 e. The summed E-state index contributed by atoms with van der Waals surface area (Å²) in [5, 5.41) is 15.5. The first kappa shape index (κ1) is 17.9. The Kier molecular flexibility index (Phi) is 5.56. The average Bonchev–Trinajstić information content (AvgIpc) is 2.77. The largest absolute Gasteiger partial charge is 0.466 e. The molecule has 0 N–H and O–H groups in total. The van der Waals surface area contributed by atoms with E-state index in [4.69, 9.17) is 16.3 Å². The highest BCUT2D eigenvalue weighted by Crippen LogP contribution is 2.24. The Hall–Kier alpha value is -2.41. The Bertz CT molecular complexity index is 786. The first-order valence-electron chi connectivity index (χ1n) is 7.44. The molecule has 0 radical (unpaired) electrons. The molecule has 24 heavy (non-hydrogen) atoms. The van der Waals surface area contributed by atoms with Gasteiger partial charge in [0, 0.05) is 23.4 Å². The van der Waals surface area contributed by atoms with E-state index in [-0.39, 0.29) is 18.1 Å². The van der Waals surface area contributed by atoms with Gasteiger partial charge in [0.15, 0.2) is 0 Å². The minimum Gasteiger partial charge on any atom is -0.466 e. The molecule has 0 bridgehead atoms. The second kappa shape index (κ2) is 7.44. The van der Waals surface area contributed by atoms with Crippen molar-refractivity contribution in [3.05, 3.63) is 55.9 Å². The molecule has 1 aromatic heterocycles. The van der Waals surface area contributed by atoms with Crippen LogP contribution >= 0.6 is 11.6 Å². The molecule has 0 amide bonds. The fraction of sp³-hybridized carbons (Fsp3) is 0.375. The molecule has 128 valence electrons. The van der Waals surface area contributed by atoms with Crippen LogP contribution in [0.3, 0.4) is 0 Å². The Morgan fingerprint density at radius 1 is 1.42 bits per heavy atom. The molecule has 0 aliphatic carbocycles. The predicted octanol–water partition coefficient (Wildman–Crippen LogP) is 3.22. The van der Waals surface area contributed by atoms with Crippen LogP contribution in [0.25, 0.3) is 0 Å². The molecular formula is C16H18ClN3O4. The van der Waals surface area contributed by atoms with Gasteiger partial charge in [-0.1, -0.05) is 11.6 Å². The van der Waals surface area contributed by atoms with Crippen molar-refractivity contribution < 1.29 is 14.5 Å². The Balaban J connectivity index is 2.25. The van der Waals surface area contributed by atoms with Crippen molar-refractivity contribution in [1.29, 1.82) is 0 Å². The number of ether oxygens (including phenoxy) is 1.